The van der Waals surface area contributed by atoms with E-state index in [-0.39, 0.29) is 11.2 Å². The smallest absolute Gasteiger partial charge is 0.282 e. The molecule has 0 radical (unpaired) electrons. The molecule has 0 saturated carbocycles. The fourth-order valence-electron chi connectivity index (χ4n) is 1.09. The van der Waals surface area contributed by atoms with Crippen LogP contribution < -0.4 is 11.1 Å². The number of nitrogens with two attached hydrogens (primary N) is 1. The van der Waals surface area contributed by atoms with Crippen molar-refractivity contribution < 1.29 is 4.92 Å². The standard InChI is InChI=1S/C10H14IN3O2/c1-10(2,12)6-13-7-3-4-9(14(15)16)8(11)5-7/h3-5,13H,6,12H2,1-2H3. The van der Waals surface area contributed by atoms with Crippen LogP contribution in [0.2, 0.25) is 0 Å². The Balaban J connectivity index is 2.78. The van der Waals surface area contributed by atoms with Crippen molar-refractivity contribution in [1.29, 1.82) is 0 Å². The first-order valence-corrected chi connectivity index (χ1v) is 5.84. The van der Waals surface area contributed by atoms with Crippen LogP contribution in [0.1, 0.15) is 13.8 Å². The third kappa shape index (κ3) is 3.93. The summed E-state index contributed by atoms with van der Waals surface area (Å²) in [5.74, 6) is 0. The van der Waals surface area contributed by atoms with Crippen LogP contribution in [0.3, 0.4) is 0 Å². The molecule has 16 heavy (non-hydrogen) atoms. The van der Waals surface area contributed by atoms with Crippen molar-refractivity contribution in [2.24, 2.45) is 5.73 Å². The lowest BCUT2D eigenvalue weighted by Crippen LogP contribution is -2.39. The number of hydrogen-bond acceptors (Lipinski definition) is 4. The van der Waals surface area contributed by atoms with Gasteiger partial charge in [0.15, 0.2) is 0 Å². The maximum absolute atomic E-state index is 10.6. The van der Waals surface area contributed by atoms with Gasteiger partial charge >= 0.3 is 0 Å². The lowest BCUT2D eigenvalue weighted by atomic mass is 10.1. The molecule has 88 valence electrons. The average molecular weight is 335 g/mol. The summed E-state index contributed by atoms with van der Waals surface area (Å²) in [5, 5.41) is 13.7. The zero-order chi connectivity index (χ0) is 12.3. The van der Waals surface area contributed by atoms with Gasteiger partial charge in [0, 0.05) is 23.8 Å². The minimum atomic E-state index is -0.390. The van der Waals surface area contributed by atoms with Gasteiger partial charge in [-0.15, -0.1) is 0 Å². The van der Waals surface area contributed by atoms with Crippen LogP contribution in [0.25, 0.3) is 0 Å². The molecule has 6 heteroatoms. The van der Waals surface area contributed by atoms with Crippen molar-refractivity contribution in [3.05, 3.63) is 31.9 Å². The topological polar surface area (TPSA) is 81.2 Å². The second-order valence-electron chi connectivity index (χ2n) is 4.27. The maximum Gasteiger partial charge on any atom is 0.282 e. The fraction of sp³-hybridized carbons (Fsp3) is 0.400. The molecule has 0 aromatic heterocycles. The molecule has 0 aliphatic rings. The van der Waals surface area contributed by atoms with Crippen molar-refractivity contribution in [1.82, 2.24) is 0 Å². The minimum absolute atomic E-state index is 0.123. The predicted molar refractivity (Wildman–Crippen MR) is 72.6 cm³/mol. The first-order valence-electron chi connectivity index (χ1n) is 4.76. The van der Waals surface area contributed by atoms with Gasteiger partial charge in [0.1, 0.15) is 0 Å². The van der Waals surface area contributed by atoms with E-state index < -0.39 is 4.92 Å². The Morgan fingerprint density at radius 3 is 2.62 bits per heavy atom. The number of nitrogens with one attached hydrogen (secondary N) is 1. The van der Waals surface area contributed by atoms with Gasteiger partial charge in [0.2, 0.25) is 0 Å². The van der Waals surface area contributed by atoms with Crippen LogP contribution in [0.15, 0.2) is 18.2 Å². The summed E-state index contributed by atoms with van der Waals surface area (Å²) in [6.45, 7) is 4.44. The molecule has 0 heterocycles. The summed E-state index contributed by atoms with van der Waals surface area (Å²) in [7, 11) is 0. The van der Waals surface area contributed by atoms with Crippen LogP contribution in [0.5, 0.6) is 0 Å². The highest BCUT2D eigenvalue weighted by Gasteiger charge is 2.13. The van der Waals surface area contributed by atoms with Gasteiger partial charge in [-0.25, -0.2) is 0 Å². The average Bonchev–Trinajstić information content (AvgIpc) is 2.13. The lowest BCUT2D eigenvalue weighted by molar-refractivity contribution is -0.385. The Morgan fingerprint density at radius 1 is 1.56 bits per heavy atom. The van der Waals surface area contributed by atoms with E-state index in [0.717, 1.165) is 5.69 Å². The number of nitro groups is 1. The second kappa shape index (κ2) is 4.96. The quantitative estimate of drug-likeness (QED) is 0.503. The summed E-state index contributed by atoms with van der Waals surface area (Å²) in [5.41, 5.74) is 6.48. The molecule has 0 atom stereocenters. The zero-order valence-corrected chi connectivity index (χ0v) is 11.3. The molecular weight excluding hydrogens is 321 g/mol. The number of nitrogens with zero attached hydrogens (tertiary/aromatic N) is 1. The van der Waals surface area contributed by atoms with Gasteiger partial charge in [-0.2, -0.15) is 0 Å². The van der Waals surface area contributed by atoms with Crippen LogP contribution >= 0.6 is 22.6 Å². The monoisotopic (exact) mass is 335 g/mol. The van der Waals surface area contributed by atoms with Gasteiger partial charge < -0.3 is 11.1 Å². The zero-order valence-electron chi connectivity index (χ0n) is 9.16. The summed E-state index contributed by atoms with van der Waals surface area (Å²) >= 11 is 1.95. The molecule has 0 aliphatic carbocycles. The normalized spacial score (nSPS) is 11.2. The van der Waals surface area contributed by atoms with E-state index in [1.54, 1.807) is 12.1 Å². The Morgan fingerprint density at radius 2 is 2.19 bits per heavy atom. The third-order valence-corrected chi connectivity index (χ3v) is 2.76. The van der Waals surface area contributed by atoms with E-state index in [1.165, 1.54) is 6.07 Å². The van der Waals surface area contributed by atoms with E-state index >= 15 is 0 Å². The molecule has 1 aromatic rings. The van der Waals surface area contributed by atoms with Crippen LogP contribution in [0, 0.1) is 13.7 Å². The van der Waals surface area contributed by atoms with Gasteiger partial charge in [0.25, 0.3) is 5.69 Å². The largest absolute Gasteiger partial charge is 0.383 e. The SMILES string of the molecule is CC(C)(N)CNc1ccc([N+](=O)[O-])c(I)c1. The van der Waals surface area contributed by atoms with Crippen LogP contribution in [-0.2, 0) is 0 Å². The van der Waals surface area contributed by atoms with E-state index in [0.29, 0.717) is 10.1 Å². The van der Waals surface area contributed by atoms with Gasteiger partial charge in [-0.3, -0.25) is 10.1 Å². The van der Waals surface area contributed by atoms with E-state index in [9.17, 15) is 10.1 Å². The van der Waals surface area contributed by atoms with Crippen LogP contribution in [-0.4, -0.2) is 17.0 Å². The molecule has 0 unspecified atom stereocenters. The molecule has 1 aromatic carbocycles. The number of rotatable bonds is 4. The summed E-state index contributed by atoms with van der Waals surface area (Å²) in [6, 6.07) is 4.92. The Hall–Kier alpha value is -0.890. The maximum atomic E-state index is 10.6. The lowest BCUT2D eigenvalue weighted by Gasteiger charge is -2.19. The fourth-order valence-corrected chi connectivity index (χ4v) is 1.81. The summed E-state index contributed by atoms with van der Waals surface area (Å²) in [4.78, 5) is 10.2. The highest BCUT2D eigenvalue weighted by molar-refractivity contribution is 14.1. The van der Waals surface area contributed by atoms with Crippen molar-refractivity contribution in [2.45, 2.75) is 19.4 Å². The first-order chi connectivity index (χ1) is 7.29. The molecule has 3 N–H and O–H groups in total. The van der Waals surface area contributed by atoms with Gasteiger partial charge in [0.05, 0.1) is 8.49 Å². The minimum Gasteiger partial charge on any atom is -0.383 e. The molecule has 0 saturated heterocycles. The van der Waals surface area contributed by atoms with Crippen LogP contribution in [0.4, 0.5) is 11.4 Å². The molecule has 0 spiro atoms. The Bertz CT molecular complexity index is 402. The van der Waals surface area contributed by atoms with Crippen molar-refractivity contribution in [3.63, 3.8) is 0 Å². The molecule has 0 fully saturated rings. The first kappa shape index (κ1) is 13.2. The number of nitro benzene ring substituents is 1. The number of anilines is 1. The molecular formula is C10H14IN3O2. The summed E-state index contributed by atoms with van der Waals surface area (Å²) < 4.78 is 0.613. The van der Waals surface area contributed by atoms with Crippen molar-refractivity contribution >= 4 is 34.0 Å². The summed E-state index contributed by atoms with van der Waals surface area (Å²) in [6.07, 6.45) is 0. The van der Waals surface area contributed by atoms with E-state index in [2.05, 4.69) is 5.32 Å². The third-order valence-electron chi connectivity index (χ3n) is 1.89. The molecule has 5 nitrogen and oxygen atoms in total. The number of benzene rings is 1. The highest BCUT2D eigenvalue weighted by atomic mass is 127. The predicted octanol–water partition coefficient (Wildman–Crippen LogP) is 2.35. The molecule has 1 rings (SSSR count). The number of hydrogen-bond donors (Lipinski definition) is 2. The van der Waals surface area contributed by atoms with Crippen molar-refractivity contribution in [2.75, 3.05) is 11.9 Å². The highest BCUT2D eigenvalue weighted by Crippen LogP contribution is 2.24. The molecule has 0 aliphatic heterocycles. The molecule has 0 amide bonds. The second-order valence-corrected chi connectivity index (χ2v) is 5.43. The Labute approximate surface area is 108 Å². The van der Waals surface area contributed by atoms with Gasteiger partial charge in [-0.1, -0.05) is 0 Å². The van der Waals surface area contributed by atoms with Crippen molar-refractivity contribution in [3.8, 4) is 0 Å². The van der Waals surface area contributed by atoms with E-state index in [1.807, 2.05) is 36.4 Å². The molecule has 0 bridgehead atoms. The van der Waals surface area contributed by atoms with E-state index in [4.69, 9.17) is 5.73 Å². The Kier molecular flexibility index (Phi) is 4.09. The van der Waals surface area contributed by atoms with Gasteiger partial charge in [-0.05, 0) is 48.6 Å². The number of halogens is 1.